The quantitative estimate of drug-likeness (QED) is 0.0945. The number of thioether (sulfide) groups is 1. The number of azide groups is 1. The fourth-order valence-electron chi connectivity index (χ4n) is 4.73. The van der Waals surface area contributed by atoms with Crippen LogP contribution in [-0.2, 0) is 38.8 Å². The molecule has 8 heteroatoms. The average Bonchev–Trinajstić information content (AvgIpc) is 3.02. The van der Waals surface area contributed by atoms with Crippen LogP contribution in [0.3, 0.4) is 0 Å². The van der Waals surface area contributed by atoms with Gasteiger partial charge in [-0.3, -0.25) is 0 Å². The first-order valence-corrected chi connectivity index (χ1v) is 14.5. The van der Waals surface area contributed by atoms with Gasteiger partial charge in [0.05, 0.1) is 38.6 Å². The van der Waals surface area contributed by atoms with Crippen molar-refractivity contribution in [2.75, 3.05) is 6.61 Å². The van der Waals surface area contributed by atoms with Crippen molar-refractivity contribution in [3.05, 3.63) is 148 Å². The van der Waals surface area contributed by atoms with Crippen LogP contribution in [0.15, 0.2) is 131 Å². The zero-order valence-corrected chi connectivity index (χ0v) is 23.5. The van der Waals surface area contributed by atoms with Gasteiger partial charge in [-0.15, -0.1) is 0 Å². The summed E-state index contributed by atoms with van der Waals surface area (Å²) in [6.07, 6.45) is -1.64. The summed E-state index contributed by atoms with van der Waals surface area (Å²) in [5.41, 5.74) is 12.3. The van der Waals surface area contributed by atoms with Crippen molar-refractivity contribution < 1.29 is 18.9 Å². The first kappa shape index (κ1) is 28.9. The van der Waals surface area contributed by atoms with Crippen molar-refractivity contribution in [3.63, 3.8) is 0 Å². The van der Waals surface area contributed by atoms with E-state index in [4.69, 9.17) is 18.9 Å². The topological polar surface area (TPSA) is 85.7 Å². The Bertz CT molecular complexity index is 1360. The number of rotatable bonds is 13. The van der Waals surface area contributed by atoms with Gasteiger partial charge in [0.25, 0.3) is 0 Å². The maximum Gasteiger partial charge on any atom is 0.134 e. The Balaban J connectivity index is 1.41. The lowest BCUT2D eigenvalue weighted by Gasteiger charge is -2.44. The summed E-state index contributed by atoms with van der Waals surface area (Å²) in [7, 11) is 0. The molecule has 0 amide bonds. The average molecular weight is 568 g/mol. The van der Waals surface area contributed by atoms with E-state index in [2.05, 4.69) is 10.0 Å². The molecule has 1 aliphatic rings. The van der Waals surface area contributed by atoms with Gasteiger partial charge >= 0.3 is 0 Å². The molecule has 0 aliphatic carbocycles. The number of ether oxygens (including phenoxy) is 4. The summed E-state index contributed by atoms with van der Waals surface area (Å²) in [6.45, 7) is 1.38. The Morgan fingerprint density at radius 1 is 0.659 bits per heavy atom. The minimum atomic E-state index is -0.646. The zero-order chi connectivity index (χ0) is 28.1. The molecule has 0 unspecified atom stereocenters. The highest BCUT2D eigenvalue weighted by Gasteiger charge is 2.47. The highest BCUT2D eigenvalue weighted by molar-refractivity contribution is 7.99. The Kier molecular flexibility index (Phi) is 10.9. The fraction of sp³-hybridized carbons (Fsp3) is 0.273. The summed E-state index contributed by atoms with van der Waals surface area (Å²) in [6, 6.07) is 39.2. The maximum atomic E-state index is 9.68. The molecular formula is C33H33N3O4S. The fourth-order valence-corrected chi connectivity index (χ4v) is 5.89. The molecule has 1 saturated heterocycles. The molecule has 0 aromatic heterocycles. The van der Waals surface area contributed by atoms with Crippen molar-refractivity contribution in [2.45, 2.75) is 54.5 Å². The van der Waals surface area contributed by atoms with Gasteiger partial charge in [-0.2, -0.15) is 0 Å². The van der Waals surface area contributed by atoms with Crippen molar-refractivity contribution in [2.24, 2.45) is 5.11 Å². The van der Waals surface area contributed by atoms with E-state index in [9.17, 15) is 5.53 Å². The first-order valence-electron chi connectivity index (χ1n) is 13.6. The third kappa shape index (κ3) is 8.44. The molecule has 5 rings (SSSR count). The number of hydrogen-bond donors (Lipinski definition) is 0. The molecule has 0 N–H and O–H groups in total. The summed E-state index contributed by atoms with van der Waals surface area (Å²) in [5, 5.41) is 4.26. The molecule has 5 atom stereocenters. The minimum absolute atomic E-state index is 0.267. The number of nitrogens with zero attached hydrogens (tertiary/aromatic N) is 3. The smallest absolute Gasteiger partial charge is 0.134 e. The Hall–Kier alpha value is -3.62. The van der Waals surface area contributed by atoms with Gasteiger partial charge in [0, 0.05) is 9.81 Å². The number of benzene rings is 4. The number of hydrogen-bond acceptors (Lipinski definition) is 6. The van der Waals surface area contributed by atoms with Crippen LogP contribution in [0.4, 0.5) is 0 Å². The van der Waals surface area contributed by atoms with E-state index in [0.29, 0.717) is 19.8 Å². The zero-order valence-electron chi connectivity index (χ0n) is 22.6. The normalized spacial score (nSPS) is 22.1. The van der Waals surface area contributed by atoms with Gasteiger partial charge in [0.15, 0.2) is 0 Å². The minimum Gasteiger partial charge on any atom is -0.374 e. The lowest BCUT2D eigenvalue weighted by atomic mass is 9.97. The largest absolute Gasteiger partial charge is 0.374 e. The van der Waals surface area contributed by atoms with Crippen molar-refractivity contribution in [1.82, 2.24) is 0 Å². The summed E-state index contributed by atoms with van der Waals surface area (Å²) >= 11 is 1.55. The Morgan fingerprint density at radius 3 is 1.68 bits per heavy atom. The van der Waals surface area contributed by atoms with E-state index in [1.807, 2.05) is 121 Å². The van der Waals surface area contributed by atoms with E-state index in [-0.39, 0.29) is 6.61 Å². The SMILES string of the molecule is [N-]=[N+]=N[C@@H]1[C@@H](OCc2ccccc2)[C@H](Sc2ccccc2)O[C@H](COCc2ccccc2)[C@H]1OCc1ccccc1. The molecule has 0 bridgehead atoms. The van der Waals surface area contributed by atoms with E-state index in [1.165, 1.54) is 0 Å². The predicted molar refractivity (Wildman–Crippen MR) is 160 cm³/mol. The van der Waals surface area contributed by atoms with Crippen molar-refractivity contribution in [1.29, 1.82) is 0 Å². The van der Waals surface area contributed by atoms with E-state index >= 15 is 0 Å². The van der Waals surface area contributed by atoms with Crippen LogP contribution in [-0.4, -0.2) is 36.4 Å². The molecule has 4 aromatic carbocycles. The molecule has 1 aliphatic heterocycles. The standard InChI is InChI=1S/C33H33N3O4S/c34-36-35-30-31(38-22-26-15-7-2-8-16-26)29(24-37-21-25-13-5-1-6-14-25)40-33(41-28-19-11-4-12-20-28)32(30)39-23-27-17-9-3-10-18-27/h1-20,29-33H,21-24H2/t29-,30+,31-,32-,33+/m1/s1. The van der Waals surface area contributed by atoms with Gasteiger partial charge in [-0.05, 0) is 34.4 Å². The van der Waals surface area contributed by atoms with E-state index in [0.717, 1.165) is 21.6 Å². The van der Waals surface area contributed by atoms with Crippen molar-refractivity contribution >= 4 is 11.8 Å². The highest BCUT2D eigenvalue weighted by atomic mass is 32.2. The molecule has 0 radical (unpaired) electrons. The van der Waals surface area contributed by atoms with Gasteiger partial charge < -0.3 is 18.9 Å². The second-order valence-electron chi connectivity index (χ2n) is 9.69. The van der Waals surface area contributed by atoms with Crippen molar-refractivity contribution in [3.8, 4) is 0 Å². The summed E-state index contributed by atoms with van der Waals surface area (Å²) in [5.74, 6) is 0. The van der Waals surface area contributed by atoms with Gasteiger partial charge in [0.1, 0.15) is 17.6 Å². The van der Waals surface area contributed by atoms with Crippen LogP contribution < -0.4 is 0 Å². The lowest BCUT2D eigenvalue weighted by Crippen LogP contribution is -2.58. The molecule has 1 fully saturated rings. The molecule has 4 aromatic rings. The van der Waals surface area contributed by atoms with Crippen LogP contribution >= 0.6 is 11.8 Å². The molecular weight excluding hydrogens is 534 g/mol. The summed E-state index contributed by atoms with van der Waals surface area (Å²) in [4.78, 5) is 4.26. The molecule has 0 saturated carbocycles. The van der Waals surface area contributed by atoms with Crippen LogP contribution in [0.1, 0.15) is 16.7 Å². The third-order valence-corrected chi connectivity index (χ3v) is 7.92. The molecule has 1 heterocycles. The van der Waals surface area contributed by atoms with Crippen LogP contribution in [0, 0.1) is 0 Å². The molecule has 7 nitrogen and oxygen atoms in total. The van der Waals surface area contributed by atoms with Crippen LogP contribution in [0.5, 0.6) is 0 Å². The summed E-state index contributed by atoms with van der Waals surface area (Å²) < 4.78 is 25.8. The second kappa shape index (κ2) is 15.4. The first-order chi connectivity index (χ1) is 20.3. The van der Waals surface area contributed by atoms with Gasteiger partial charge in [-0.1, -0.05) is 126 Å². The molecule has 0 spiro atoms. The molecule has 210 valence electrons. The maximum absolute atomic E-state index is 9.68. The highest BCUT2D eigenvalue weighted by Crippen LogP contribution is 2.38. The molecule has 41 heavy (non-hydrogen) atoms. The Morgan fingerprint density at radius 2 is 1.15 bits per heavy atom. The monoisotopic (exact) mass is 567 g/mol. The predicted octanol–water partition coefficient (Wildman–Crippen LogP) is 7.57. The van der Waals surface area contributed by atoms with Crippen LogP contribution in [0.25, 0.3) is 10.4 Å². The van der Waals surface area contributed by atoms with Gasteiger partial charge in [0.2, 0.25) is 0 Å². The van der Waals surface area contributed by atoms with Crippen LogP contribution in [0.2, 0.25) is 0 Å². The third-order valence-electron chi connectivity index (χ3n) is 6.76. The van der Waals surface area contributed by atoms with E-state index < -0.39 is 29.8 Å². The lowest BCUT2D eigenvalue weighted by molar-refractivity contribution is -0.200. The van der Waals surface area contributed by atoms with E-state index in [1.54, 1.807) is 11.8 Å². The second-order valence-corrected chi connectivity index (χ2v) is 10.9. The van der Waals surface area contributed by atoms with Gasteiger partial charge in [-0.25, -0.2) is 0 Å². The Labute approximate surface area is 245 Å².